The fourth-order valence-electron chi connectivity index (χ4n) is 2.48. The van der Waals surface area contributed by atoms with Crippen LogP contribution in [0.5, 0.6) is 0 Å². The maximum absolute atomic E-state index is 12.1. The Morgan fingerprint density at radius 1 is 1.50 bits per heavy atom. The molecule has 0 spiro atoms. The minimum Gasteiger partial charge on any atom is -0.344 e. The molecule has 2 aromatic rings. The number of H-pyrrole nitrogens is 1. The van der Waals surface area contributed by atoms with Gasteiger partial charge in [0.25, 0.3) is 0 Å². The number of hydrogen-bond donors (Lipinski definition) is 1. The largest absolute Gasteiger partial charge is 0.344 e. The number of rotatable bonds is 1. The molecule has 1 unspecified atom stereocenters. The first-order valence-corrected chi connectivity index (χ1v) is 6.52. The van der Waals surface area contributed by atoms with Gasteiger partial charge in [-0.1, -0.05) is 17.7 Å². The maximum Gasteiger partial charge on any atom is 0.245 e. The third-order valence-corrected chi connectivity index (χ3v) is 4.00. The predicted octanol–water partition coefficient (Wildman–Crippen LogP) is 2.76. The van der Waals surface area contributed by atoms with E-state index < -0.39 is 0 Å². The van der Waals surface area contributed by atoms with E-state index in [-0.39, 0.29) is 11.9 Å². The number of nitrogens with zero attached hydrogens (tertiary/aromatic N) is 2. The lowest BCUT2D eigenvalue weighted by molar-refractivity contribution is -0.129. The molecule has 18 heavy (non-hydrogen) atoms. The van der Waals surface area contributed by atoms with E-state index in [1.165, 1.54) is 0 Å². The van der Waals surface area contributed by atoms with Crippen LogP contribution in [-0.4, -0.2) is 34.0 Å². The van der Waals surface area contributed by atoms with Crippen molar-refractivity contribution >= 4 is 40.8 Å². The summed E-state index contributed by atoms with van der Waals surface area (Å²) in [7, 11) is 1.81. The molecule has 0 bridgehead atoms. The van der Waals surface area contributed by atoms with Crippen molar-refractivity contribution in [3.63, 3.8) is 0 Å². The van der Waals surface area contributed by atoms with Crippen molar-refractivity contribution in [2.24, 2.45) is 0 Å². The number of likely N-dealkylation sites (tertiary alicyclic amines) is 1. The second kappa shape index (κ2) is 4.10. The van der Waals surface area contributed by atoms with Gasteiger partial charge >= 0.3 is 0 Å². The quantitative estimate of drug-likeness (QED) is 0.817. The van der Waals surface area contributed by atoms with Crippen LogP contribution in [-0.2, 0) is 4.79 Å². The van der Waals surface area contributed by atoms with Gasteiger partial charge in [0.2, 0.25) is 5.91 Å². The van der Waals surface area contributed by atoms with E-state index in [4.69, 9.17) is 23.8 Å². The van der Waals surface area contributed by atoms with Gasteiger partial charge in [-0.15, -0.1) is 0 Å². The third-order valence-electron chi connectivity index (χ3n) is 3.40. The SMILES string of the molecule is CN1CCC(n2c(=S)[nH]c3cccc(Cl)c32)C1=O. The van der Waals surface area contributed by atoms with Crippen LogP contribution in [0.3, 0.4) is 0 Å². The van der Waals surface area contributed by atoms with Crippen molar-refractivity contribution in [2.45, 2.75) is 12.5 Å². The van der Waals surface area contributed by atoms with Crippen LogP contribution in [0.4, 0.5) is 0 Å². The number of imidazole rings is 1. The van der Waals surface area contributed by atoms with E-state index in [1.807, 2.05) is 29.8 Å². The van der Waals surface area contributed by atoms with Crippen molar-refractivity contribution < 1.29 is 4.79 Å². The molecule has 0 aliphatic carbocycles. The highest BCUT2D eigenvalue weighted by atomic mass is 35.5. The Morgan fingerprint density at radius 2 is 2.28 bits per heavy atom. The number of para-hydroxylation sites is 1. The molecule has 1 saturated heterocycles. The molecule has 1 fully saturated rings. The molecule has 1 aliphatic rings. The summed E-state index contributed by atoms with van der Waals surface area (Å²) in [5, 5.41) is 0.613. The summed E-state index contributed by atoms with van der Waals surface area (Å²) >= 11 is 11.5. The van der Waals surface area contributed by atoms with Crippen LogP contribution in [0.15, 0.2) is 18.2 Å². The topological polar surface area (TPSA) is 41.0 Å². The number of carbonyl (C=O) groups is 1. The van der Waals surface area contributed by atoms with Crippen molar-refractivity contribution in [1.29, 1.82) is 0 Å². The summed E-state index contributed by atoms with van der Waals surface area (Å²) in [4.78, 5) is 16.9. The number of carbonyl (C=O) groups excluding carboxylic acids is 1. The fraction of sp³-hybridized carbons (Fsp3) is 0.333. The Bertz CT molecular complexity index is 690. The van der Waals surface area contributed by atoms with Crippen molar-refractivity contribution in [1.82, 2.24) is 14.5 Å². The van der Waals surface area contributed by atoms with E-state index in [0.717, 1.165) is 24.0 Å². The lowest BCUT2D eigenvalue weighted by atomic mass is 10.2. The van der Waals surface area contributed by atoms with Gasteiger partial charge in [0.1, 0.15) is 6.04 Å². The van der Waals surface area contributed by atoms with Crippen LogP contribution < -0.4 is 0 Å². The van der Waals surface area contributed by atoms with E-state index in [1.54, 1.807) is 4.90 Å². The molecule has 6 heteroatoms. The first-order valence-electron chi connectivity index (χ1n) is 5.73. The number of nitrogens with one attached hydrogen (secondary N) is 1. The highest BCUT2D eigenvalue weighted by molar-refractivity contribution is 7.71. The van der Waals surface area contributed by atoms with E-state index in [2.05, 4.69) is 4.98 Å². The standard InChI is InChI=1S/C12H12ClN3OS/c1-15-6-5-9(11(15)17)16-10-7(13)3-2-4-8(10)14-12(16)18/h2-4,9H,5-6H2,1H3,(H,14,18). The molecule has 94 valence electrons. The Hall–Kier alpha value is -1.33. The zero-order chi connectivity index (χ0) is 12.9. The zero-order valence-corrected chi connectivity index (χ0v) is 11.4. The Kier molecular flexibility index (Phi) is 2.68. The van der Waals surface area contributed by atoms with Crippen LogP contribution in [0.1, 0.15) is 12.5 Å². The van der Waals surface area contributed by atoms with Crippen LogP contribution >= 0.6 is 23.8 Å². The molecule has 3 rings (SSSR count). The molecule has 1 aromatic carbocycles. The molecular formula is C12H12ClN3OS. The summed E-state index contributed by atoms with van der Waals surface area (Å²) in [6.45, 7) is 0.752. The van der Waals surface area contributed by atoms with Gasteiger partial charge in [-0.3, -0.25) is 4.79 Å². The van der Waals surface area contributed by atoms with Gasteiger partial charge in [-0.2, -0.15) is 0 Å². The van der Waals surface area contributed by atoms with Crippen molar-refractivity contribution in [3.05, 3.63) is 28.0 Å². The molecule has 0 radical (unpaired) electrons. The first kappa shape index (κ1) is 11.7. The summed E-state index contributed by atoms with van der Waals surface area (Å²) in [6.07, 6.45) is 0.766. The highest BCUT2D eigenvalue weighted by Crippen LogP contribution is 2.30. The lowest BCUT2D eigenvalue weighted by Gasteiger charge is -2.13. The molecule has 0 saturated carbocycles. The second-order valence-electron chi connectivity index (χ2n) is 4.50. The summed E-state index contributed by atoms with van der Waals surface area (Å²) in [5.41, 5.74) is 1.69. The Morgan fingerprint density at radius 3 is 2.94 bits per heavy atom. The van der Waals surface area contributed by atoms with Crippen LogP contribution in [0, 0.1) is 4.77 Å². The first-order chi connectivity index (χ1) is 8.59. The van der Waals surface area contributed by atoms with Gasteiger partial charge in [-0.25, -0.2) is 0 Å². The Labute approximate surface area is 114 Å². The van der Waals surface area contributed by atoms with Crippen LogP contribution in [0.25, 0.3) is 11.0 Å². The fourth-order valence-corrected chi connectivity index (χ4v) is 3.07. The predicted molar refractivity (Wildman–Crippen MR) is 73.4 cm³/mol. The number of benzene rings is 1. The maximum atomic E-state index is 12.1. The average molecular weight is 282 g/mol. The third kappa shape index (κ3) is 1.58. The summed E-state index contributed by atoms with van der Waals surface area (Å²) in [6, 6.07) is 5.35. The average Bonchev–Trinajstić information content (AvgIpc) is 2.82. The minimum atomic E-state index is -0.240. The lowest BCUT2D eigenvalue weighted by Crippen LogP contribution is -2.24. The molecule has 1 atom stereocenters. The minimum absolute atomic E-state index is 0.0897. The number of halogens is 1. The molecule has 1 aliphatic heterocycles. The van der Waals surface area contributed by atoms with Crippen LogP contribution in [0.2, 0.25) is 5.02 Å². The number of likely N-dealkylation sites (N-methyl/N-ethyl adjacent to an activating group) is 1. The number of hydrogen-bond acceptors (Lipinski definition) is 2. The molecule has 2 heterocycles. The number of amides is 1. The summed E-state index contributed by atoms with van der Waals surface area (Å²) in [5.74, 6) is 0.0897. The number of aromatic amines is 1. The van der Waals surface area contributed by atoms with E-state index >= 15 is 0 Å². The van der Waals surface area contributed by atoms with Gasteiger partial charge < -0.3 is 14.5 Å². The normalized spacial score (nSPS) is 20.0. The van der Waals surface area contributed by atoms with Crippen molar-refractivity contribution in [2.75, 3.05) is 13.6 Å². The number of aromatic nitrogens is 2. The Balaban J connectivity index is 2.26. The zero-order valence-electron chi connectivity index (χ0n) is 9.81. The second-order valence-corrected chi connectivity index (χ2v) is 5.29. The molecule has 1 N–H and O–H groups in total. The molecule has 4 nitrogen and oxygen atoms in total. The van der Waals surface area contributed by atoms with Gasteiger partial charge in [-0.05, 0) is 30.8 Å². The number of fused-ring (bicyclic) bond motifs is 1. The van der Waals surface area contributed by atoms with Crippen molar-refractivity contribution in [3.8, 4) is 0 Å². The van der Waals surface area contributed by atoms with Gasteiger partial charge in [0.15, 0.2) is 4.77 Å². The molecule has 1 amide bonds. The highest BCUT2D eigenvalue weighted by Gasteiger charge is 2.32. The van der Waals surface area contributed by atoms with E-state index in [9.17, 15) is 4.79 Å². The van der Waals surface area contributed by atoms with Gasteiger partial charge in [0, 0.05) is 13.6 Å². The van der Waals surface area contributed by atoms with E-state index in [0.29, 0.717) is 9.79 Å². The summed E-state index contributed by atoms with van der Waals surface area (Å²) < 4.78 is 2.39. The molecular weight excluding hydrogens is 270 g/mol. The monoisotopic (exact) mass is 281 g/mol. The van der Waals surface area contributed by atoms with Gasteiger partial charge in [0.05, 0.1) is 16.1 Å². The molecule has 1 aromatic heterocycles. The smallest absolute Gasteiger partial charge is 0.245 e.